The number of piperidine rings is 1. The van der Waals surface area contributed by atoms with E-state index in [1.165, 1.54) is 6.07 Å². The second kappa shape index (κ2) is 12.2. The van der Waals surface area contributed by atoms with E-state index >= 15 is 4.39 Å². The molecule has 2 fully saturated rings. The summed E-state index contributed by atoms with van der Waals surface area (Å²) in [6, 6.07) is 18.8. The first-order chi connectivity index (χ1) is 22.1. The molecule has 47 heavy (non-hydrogen) atoms. The molecule has 3 aromatic carbocycles. The summed E-state index contributed by atoms with van der Waals surface area (Å²) in [5.41, 5.74) is 3.11. The summed E-state index contributed by atoms with van der Waals surface area (Å²) >= 11 is 0. The van der Waals surface area contributed by atoms with E-state index in [9.17, 15) is 9.90 Å². The van der Waals surface area contributed by atoms with Crippen molar-refractivity contribution >= 4 is 18.7 Å². The average Bonchev–Trinajstić information content (AvgIpc) is 3.46. The first kappa shape index (κ1) is 33.5. The van der Waals surface area contributed by atoms with Crippen LogP contribution in [0.2, 0.25) is 0 Å². The van der Waals surface area contributed by atoms with E-state index < -0.39 is 36.2 Å². The molecule has 0 saturated carbocycles. The van der Waals surface area contributed by atoms with E-state index in [1.807, 2.05) is 84.9 Å². The molecule has 1 amide bonds. The van der Waals surface area contributed by atoms with Crippen molar-refractivity contribution in [1.29, 1.82) is 0 Å². The Kier molecular flexibility index (Phi) is 8.70. The van der Waals surface area contributed by atoms with E-state index in [1.54, 1.807) is 12.1 Å². The number of alkyl carbamates (subject to hydrolysis) is 1. The zero-order chi connectivity index (χ0) is 33.8. The number of halogens is 1. The van der Waals surface area contributed by atoms with Crippen molar-refractivity contribution in [3.8, 4) is 16.9 Å². The molecule has 3 aromatic rings. The second-order valence-corrected chi connectivity index (χ2v) is 15.1. The fourth-order valence-electron chi connectivity index (χ4n) is 6.58. The third-order valence-electron chi connectivity index (χ3n) is 10.1. The van der Waals surface area contributed by atoms with Crippen LogP contribution in [0.1, 0.15) is 84.2 Å². The molecule has 1 atom stereocenters. The second-order valence-electron chi connectivity index (χ2n) is 15.1. The monoisotopic (exact) mass is 644 g/mol. The molecular formula is C37H46BFN2O6. The van der Waals surface area contributed by atoms with Crippen LogP contribution in [0.15, 0.2) is 60.7 Å². The van der Waals surface area contributed by atoms with Gasteiger partial charge in [0.25, 0.3) is 0 Å². The highest BCUT2D eigenvalue weighted by Crippen LogP contribution is 2.47. The molecule has 6 rings (SSSR count). The lowest BCUT2D eigenvalue weighted by Crippen LogP contribution is -2.45. The number of carbonyl (C=O) groups excluding carboxylic acids is 1. The number of carbonyl (C=O) groups is 1. The molecule has 0 aliphatic carbocycles. The van der Waals surface area contributed by atoms with Gasteiger partial charge >= 0.3 is 13.2 Å². The van der Waals surface area contributed by atoms with Crippen LogP contribution in [-0.4, -0.2) is 59.7 Å². The summed E-state index contributed by atoms with van der Waals surface area (Å²) in [5, 5.41) is 14.4. The van der Waals surface area contributed by atoms with Crippen LogP contribution in [0.25, 0.3) is 11.1 Å². The number of likely N-dealkylation sites (tertiary alicyclic amines) is 1. The number of nitrogens with one attached hydrogen (secondary N) is 1. The summed E-state index contributed by atoms with van der Waals surface area (Å²) in [6.07, 6.45) is 0.422. The van der Waals surface area contributed by atoms with Gasteiger partial charge in [0.2, 0.25) is 0 Å². The third-order valence-corrected chi connectivity index (χ3v) is 10.1. The number of aliphatic hydroxyl groups is 1. The van der Waals surface area contributed by atoms with Gasteiger partial charge in [-0.05, 0) is 108 Å². The van der Waals surface area contributed by atoms with E-state index in [0.29, 0.717) is 31.7 Å². The Bertz CT molecular complexity index is 1630. The molecule has 1 spiro atoms. The minimum absolute atomic E-state index is 0.145. The van der Waals surface area contributed by atoms with Gasteiger partial charge in [0.05, 0.1) is 17.8 Å². The average molecular weight is 645 g/mol. The van der Waals surface area contributed by atoms with Gasteiger partial charge in [-0.25, -0.2) is 9.18 Å². The SMILES string of the molecule is CC(C)(C)OC(=O)NCc1ccc2c(c1)C1(CCN(C(O)c3cccc(-c4ccc(F)c(B5OC(C)(C)C(C)(C)O5)c4)c3)CC1)CO2. The zero-order valence-corrected chi connectivity index (χ0v) is 28.5. The van der Waals surface area contributed by atoms with Gasteiger partial charge in [-0.15, -0.1) is 0 Å². The van der Waals surface area contributed by atoms with Crippen molar-refractivity contribution in [3.63, 3.8) is 0 Å². The number of ether oxygens (including phenoxy) is 2. The first-order valence-corrected chi connectivity index (χ1v) is 16.5. The highest BCUT2D eigenvalue weighted by molar-refractivity contribution is 6.62. The summed E-state index contributed by atoms with van der Waals surface area (Å²) in [5.74, 6) is 0.501. The van der Waals surface area contributed by atoms with Gasteiger partial charge in [-0.3, -0.25) is 4.90 Å². The molecule has 3 heterocycles. The largest absolute Gasteiger partial charge is 0.497 e. The maximum Gasteiger partial charge on any atom is 0.497 e. The Morgan fingerprint density at radius 3 is 2.36 bits per heavy atom. The molecule has 250 valence electrons. The zero-order valence-electron chi connectivity index (χ0n) is 28.5. The topological polar surface area (TPSA) is 89.5 Å². The number of aliphatic hydroxyl groups excluding tert-OH is 1. The highest BCUT2D eigenvalue weighted by Gasteiger charge is 2.52. The molecule has 0 radical (unpaired) electrons. The van der Waals surface area contributed by atoms with E-state index in [-0.39, 0.29) is 11.2 Å². The summed E-state index contributed by atoms with van der Waals surface area (Å²) in [4.78, 5) is 14.3. The Hall–Kier alpha value is -3.44. The highest BCUT2D eigenvalue weighted by atomic mass is 19.1. The molecule has 2 N–H and O–H groups in total. The first-order valence-electron chi connectivity index (χ1n) is 16.5. The minimum Gasteiger partial charge on any atom is -0.492 e. The van der Waals surface area contributed by atoms with E-state index in [4.69, 9.17) is 18.8 Å². The molecule has 0 aromatic heterocycles. The normalized spacial score (nSPS) is 20.5. The van der Waals surface area contributed by atoms with Crippen LogP contribution in [-0.2, 0) is 26.0 Å². The van der Waals surface area contributed by atoms with E-state index in [0.717, 1.165) is 46.4 Å². The number of nitrogens with zero attached hydrogens (tertiary/aromatic N) is 1. The Balaban J connectivity index is 1.13. The van der Waals surface area contributed by atoms with Crippen LogP contribution in [0.4, 0.5) is 9.18 Å². The maximum absolute atomic E-state index is 15.0. The van der Waals surface area contributed by atoms with Crippen LogP contribution in [0.5, 0.6) is 5.75 Å². The number of hydrogen-bond donors (Lipinski definition) is 2. The number of rotatable bonds is 6. The van der Waals surface area contributed by atoms with Gasteiger partial charge in [0.1, 0.15) is 23.4 Å². The molecule has 1 unspecified atom stereocenters. The van der Waals surface area contributed by atoms with Gasteiger partial charge in [-0.2, -0.15) is 0 Å². The van der Waals surface area contributed by atoms with Crippen molar-refractivity contribution in [2.24, 2.45) is 0 Å². The minimum atomic E-state index is -0.809. The molecule has 0 bridgehead atoms. The Morgan fingerprint density at radius 1 is 1.00 bits per heavy atom. The van der Waals surface area contributed by atoms with Gasteiger partial charge in [0.15, 0.2) is 0 Å². The van der Waals surface area contributed by atoms with Crippen molar-refractivity contribution in [2.45, 2.75) is 96.3 Å². The molecule has 8 nitrogen and oxygen atoms in total. The van der Waals surface area contributed by atoms with Gasteiger partial charge < -0.3 is 29.2 Å². The number of amides is 1. The summed E-state index contributed by atoms with van der Waals surface area (Å²) < 4.78 is 38.8. The van der Waals surface area contributed by atoms with Crippen molar-refractivity contribution in [2.75, 3.05) is 19.7 Å². The fraction of sp³-hybridized carbons (Fsp3) is 0.486. The smallest absolute Gasteiger partial charge is 0.492 e. The van der Waals surface area contributed by atoms with Crippen molar-refractivity contribution in [1.82, 2.24) is 10.2 Å². The maximum atomic E-state index is 15.0. The summed E-state index contributed by atoms with van der Waals surface area (Å²) in [6.45, 7) is 15.7. The number of benzene rings is 3. The standard InChI is InChI=1S/C37H46BFN2O6/c1-34(2,3)45-33(43)40-22-24-11-14-31-28(19-24)37(23-44-31)15-17-41(18-16-37)32(42)27-10-8-9-25(20-27)26-12-13-30(39)29(21-26)38-46-35(4,5)36(6,7)47-38/h8-14,19-21,32,42H,15-18,22-23H2,1-7H3,(H,40,43). The molecule has 3 aliphatic heterocycles. The fourth-order valence-corrected chi connectivity index (χ4v) is 6.58. The number of fused-ring (bicyclic) bond motifs is 2. The quantitative estimate of drug-likeness (QED) is 0.308. The lowest BCUT2D eigenvalue weighted by Gasteiger charge is -2.40. The van der Waals surface area contributed by atoms with Crippen LogP contribution in [0.3, 0.4) is 0 Å². The molecule has 3 aliphatic rings. The van der Waals surface area contributed by atoms with Crippen LogP contribution >= 0.6 is 0 Å². The molecular weight excluding hydrogens is 598 g/mol. The number of hydrogen-bond acceptors (Lipinski definition) is 7. The van der Waals surface area contributed by atoms with Gasteiger partial charge in [-0.1, -0.05) is 36.4 Å². The van der Waals surface area contributed by atoms with Crippen LogP contribution in [0, 0.1) is 5.82 Å². The van der Waals surface area contributed by atoms with Crippen molar-refractivity contribution < 1.29 is 33.1 Å². The Morgan fingerprint density at radius 2 is 1.68 bits per heavy atom. The van der Waals surface area contributed by atoms with Crippen molar-refractivity contribution in [3.05, 3.63) is 83.2 Å². The predicted octanol–water partition coefficient (Wildman–Crippen LogP) is 6.23. The molecule has 2 saturated heterocycles. The van der Waals surface area contributed by atoms with Gasteiger partial charge in [0, 0.05) is 36.1 Å². The van der Waals surface area contributed by atoms with Crippen LogP contribution < -0.4 is 15.5 Å². The predicted molar refractivity (Wildman–Crippen MR) is 180 cm³/mol. The Labute approximate surface area is 277 Å². The van der Waals surface area contributed by atoms with E-state index in [2.05, 4.69) is 16.3 Å². The lowest BCUT2D eigenvalue weighted by molar-refractivity contribution is -0.0259. The summed E-state index contributed by atoms with van der Waals surface area (Å²) in [7, 11) is -0.809. The third kappa shape index (κ3) is 6.79. The lowest BCUT2D eigenvalue weighted by atomic mass is 9.74. The molecule has 10 heteroatoms.